The molecule has 0 aliphatic heterocycles. The molecule has 1 aromatic rings. The highest BCUT2D eigenvalue weighted by Crippen LogP contribution is 2.32. The molecule has 2 atom stereocenters. The molecule has 0 heterocycles. The van der Waals surface area contributed by atoms with Crippen LogP contribution in [0.4, 0.5) is 5.69 Å². The third kappa shape index (κ3) is 3.49. The molecule has 0 aromatic heterocycles. The van der Waals surface area contributed by atoms with E-state index in [9.17, 15) is 18.5 Å². The Morgan fingerprint density at radius 2 is 2.00 bits per heavy atom. The van der Waals surface area contributed by atoms with E-state index in [2.05, 4.69) is 0 Å². The van der Waals surface area contributed by atoms with Crippen molar-refractivity contribution in [3.8, 4) is 0 Å². The lowest BCUT2D eigenvalue weighted by atomic mass is 9.89. The second-order valence-corrected chi connectivity index (χ2v) is 5.96. The monoisotopic (exact) mass is 287 g/mol. The molecule has 0 fully saturated rings. The first-order valence-electron chi connectivity index (χ1n) is 5.75. The van der Waals surface area contributed by atoms with Crippen LogP contribution >= 0.6 is 0 Å². The maximum absolute atomic E-state index is 11.2. The molecular formula is C11H17N3O4S. The van der Waals surface area contributed by atoms with Crippen LogP contribution in [0.15, 0.2) is 23.1 Å². The summed E-state index contributed by atoms with van der Waals surface area (Å²) in [6.45, 7) is 3.62. The summed E-state index contributed by atoms with van der Waals surface area (Å²) in [7, 11) is -3.96. The quantitative estimate of drug-likeness (QED) is 0.618. The highest BCUT2D eigenvalue weighted by molar-refractivity contribution is 7.89. The summed E-state index contributed by atoms with van der Waals surface area (Å²) in [5.74, 6) is -0.213. The van der Waals surface area contributed by atoms with Crippen molar-refractivity contribution in [1.82, 2.24) is 0 Å². The molecule has 1 aromatic carbocycles. The molecule has 8 heteroatoms. The first kappa shape index (κ1) is 15.5. The highest BCUT2D eigenvalue weighted by atomic mass is 32.2. The molecule has 0 radical (unpaired) electrons. The maximum atomic E-state index is 11.2. The second kappa shape index (κ2) is 5.64. The Hall–Kier alpha value is -1.51. The summed E-state index contributed by atoms with van der Waals surface area (Å²) in [5, 5.41) is 16.0. The van der Waals surface area contributed by atoms with Gasteiger partial charge in [-0.05, 0) is 19.4 Å². The van der Waals surface area contributed by atoms with Gasteiger partial charge in [-0.25, -0.2) is 13.6 Å². The van der Waals surface area contributed by atoms with Crippen molar-refractivity contribution in [2.24, 2.45) is 10.9 Å². The van der Waals surface area contributed by atoms with Gasteiger partial charge in [0.25, 0.3) is 5.69 Å². The molecule has 0 aliphatic rings. The van der Waals surface area contributed by atoms with Crippen LogP contribution in [0, 0.1) is 10.1 Å². The largest absolute Gasteiger partial charge is 0.327 e. The Bertz CT molecular complexity index is 584. The average Bonchev–Trinajstić information content (AvgIpc) is 2.28. The van der Waals surface area contributed by atoms with Gasteiger partial charge in [0, 0.05) is 23.6 Å². The number of rotatable bonds is 5. The molecule has 7 nitrogen and oxygen atoms in total. The van der Waals surface area contributed by atoms with Crippen LogP contribution in [0.2, 0.25) is 0 Å². The van der Waals surface area contributed by atoms with Crippen molar-refractivity contribution in [3.63, 3.8) is 0 Å². The predicted molar refractivity (Wildman–Crippen MR) is 71.2 cm³/mol. The SMILES string of the molecule is CCC(c1ccc(S(N)(=O)=O)cc1[N+](=O)[O-])C(C)N. The summed E-state index contributed by atoms with van der Waals surface area (Å²) in [5.41, 5.74) is 5.96. The van der Waals surface area contributed by atoms with E-state index < -0.39 is 14.9 Å². The summed E-state index contributed by atoms with van der Waals surface area (Å²) >= 11 is 0. The Labute approximate surface area is 111 Å². The minimum atomic E-state index is -3.96. The van der Waals surface area contributed by atoms with Gasteiger partial charge in [-0.2, -0.15) is 0 Å². The topological polar surface area (TPSA) is 129 Å². The zero-order valence-electron chi connectivity index (χ0n) is 10.7. The van der Waals surface area contributed by atoms with Crippen molar-refractivity contribution in [2.75, 3.05) is 0 Å². The molecule has 0 saturated heterocycles. The number of nitro groups is 1. The summed E-state index contributed by atoms with van der Waals surface area (Å²) in [6, 6.07) is 3.39. The maximum Gasteiger partial charge on any atom is 0.274 e. The van der Waals surface area contributed by atoms with Crippen LogP contribution in [0.25, 0.3) is 0 Å². The third-order valence-corrected chi connectivity index (χ3v) is 3.91. The highest BCUT2D eigenvalue weighted by Gasteiger charge is 2.25. The van der Waals surface area contributed by atoms with E-state index in [1.165, 1.54) is 12.1 Å². The van der Waals surface area contributed by atoms with E-state index in [4.69, 9.17) is 10.9 Å². The Kier molecular flexibility index (Phi) is 4.61. The summed E-state index contributed by atoms with van der Waals surface area (Å²) in [4.78, 5) is 10.2. The first-order valence-corrected chi connectivity index (χ1v) is 7.29. The normalized spacial score (nSPS) is 14.9. The molecule has 4 N–H and O–H groups in total. The molecule has 0 saturated carbocycles. The minimum Gasteiger partial charge on any atom is -0.327 e. The van der Waals surface area contributed by atoms with Crippen molar-refractivity contribution >= 4 is 15.7 Å². The number of hydrogen-bond donors (Lipinski definition) is 2. The third-order valence-electron chi connectivity index (χ3n) is 3.00. The average molecular weight is 287 g/mol. The van der Waals surface area contributed by atoms with Crippen LogP contribution < -0.4 is 10.9 Å². The lowest BCUT2D eigenvalue weighted by Crippen LogP contribution is -2.25. The van der Waals surface area contributed by atoms with E-state index in [1.54, 1.807) is 6.92 Å². The van der Waals surface area contributed by atoms with E-state index in [0.29, 0.717) is 12.0 Å². The molecule has 0 spiro atoms. The Morgan fingerprint density at radius 1 is 1.42 bits per heavy atom. The number of nitrogens with two attached hydrogens (primary N) is 2. The van der Waals surface area contributed by atoms with Gasteiger partial charge in [0.1, 0.15) is 0 Å². The second-order valence-electron chi connectivity index (χ2n) is 4.40. The van der Waals surface area contributed by atoms with Gasteiger partial charge in [0.15, 0.2) is 0 Å². The van der Waals surface area contributed by atoms with E-state index in [1.807, 2.05) is 6.92 Å². The smallest absolute Gasteiger partial charge is 0.274 e. The van der Waals surface area contributed by atoms with Crippen molar-refractivity contribution in [3.05, 3.63) is 33.9 Å². The Balaban J connectivity index is 3.46. The van der Waals surface area contributed by atoms with Gasteiger partial charge in [-0.3, -0.25) is 10.1 Å². The Morgan fingerprint density at radius 3 is 2.37 bits per heavy atom. The van der Waals surface area contributed by atoms with Crippen molar-refractivity contribution in [1.29, 1.82) is 0 Å². The molecule has 0 amide bonds. The van der Waals surface area contributed by atoms with E-state index in [0.717, 1.165) is 6.07 Å². The van der Waals surface area contributed by atoms with Gasteiger partial charge in [-0.15, -0.1) is 0 Å². The fraction of sp³-hybridized carbons (Fsp3) is 0.455. The summed E-state index contributed by atoms with van der Waals surface area (Å²) < 4.78 is 22.4. The number of benzene rings is 1. The molecule has 19 heavy (non-hydrogen) atoms. The minimum absolute atomic E-state index is 0.213. The van der Waals surface area contributed by atoms with Crippen LogP contribution in [0.3, 0.4) is 0 Å². The number of sulfonamides is 1. The van der Waals surface area contributed by atoms with Crippen LogP contribution in [-0.2, 0) is 10.0 Å². The van der Waals surface area contributed by atoms with E-state index in [-0.39, 0.29) is 22.5 Å². The molecule has 106 valence electrons. The van der Waals surface area contributed by atoms with Gasteiger partial charge in [-0.1, -0.05) is 13.0 Å². The molecule has 2 unspecified atom stereocenters. The first-order chi connectivity index (χ1) is 8.68. The van der Waals surface area contributed by atoms with Gasteiger partial charge in [0.05, 0.1) is 9.82 Å². The molecule has 1 rings (SSSR count). The number of nitro benzene ring substituents is 1. The van der Waals surface area contributed by atoms with Crippen LogP contribution in [-0.4, -0.2) is 19.4 Å². The van der Waals surface area contributed by atoms with Crippen molar-refractivity contribution < 1.29 is 13.3 Å². The fourth-order valence-electron chi connectivity index (χ4n) is 2.05. The van der Waals surface area contributed by atoms with E-state index >= 15 is 0 Å². The standard InChI is InChI=1S/C11H17N3O4S/c1-3-9(7(2)12)10-5-4-8(19(13,17)18)6-11(10)14(15)16/h4-7,9H,3,12H2,1-2H3,(H2,13,17,18). The molecular weight excluding hydrogens is 270 g/mol. The zero-order valence-corrected chi connectivity index (χ0v) is 11.6. The zero-order chi connectivity index (χ0) is 14.8. The summed E-state index contributed by atoms with van der Waals surface area (Å²) in [6.07, 6.45) is 0.618. The number of nitrogens with zero attached hydrogens (tertiary/aromatic N) is 1. The van der Waals surface area contributed by atoms with Gasteiger partial charge in [0.2, 0.25) is 10.0 Å². The van der Waals surface area contributed by atoms with Crippen LogP contribution in [0.5, 0.6) is 0 Å². The van der Waals surface area contributed by atoms with Gasteiger partial charge < -0.3 is 5.73 Å². The molecule has 0 bridgehead atoms. The fourth-order valence-corrected chi connectivity index (χ4v) is 2.58. The lowest BCUT2D eigenvalue weighted by Gasteiger charge is -2.19. The van der Waals surface area contributed by atoms with Crippen molar-refractivity contribution in [2.45, 2.75) is 37.1 Å². The number of primary sulfonamides is 1. The predicted octanol–water partition coefficient (Wildman–Crippen LogP) is 1.08. The van der Waals surface area contributed by atoms with Crippen LogP contribution in [0.1, 0.15) is 31.7 Å². The lowest BCUT2D eigenvalue weighted by molar-refractivity contribution is -0.386. The van der Waals surface area contributed by atoms with Gasteiger partial charge >= 0.3 is 0 Å². The number of hydrogen-bond acceptors (Lipinski definition) is 5. The molecule has 0 aliphatic carbocycles.